The molecule has 2 aliphatic carbocycles. The van der Waals surface area contributed by atoms with Crippen molar-refractivity contribution in [2.75, 3.05) is 0 Å². The van der Waals surface area contributed by atoms with Crippen LogP contribution < -0.4 is 0 Å². The van der Waals surface area contributed by atoms with Gasteiger partial charge in [-0.15, -0.1) is 0 Å². The van der Waals surface area contributed by atoms with E-state index < -0.39 is 0 Å². The van der Waals surface area contributed by atoms with E-state index in [1.165, 1.54) is 11.1 Å². The molecule has 0 spiro atoms. The number of alkyl halides is 1. The lowest BCUT2D eigenvalue weighted by Crippen LogP contribution is -1.91. The predicted octanol–water partition coefficient (Wildman–Crippen LogP) is 3.42. The van der Waals surface area contributed by atoms with Crippen molar-refractivity contribution in [3.05, 3.63) is 47.6 Å². The van der Waals surface area contributed by atoms with Gasteiger partial charge in [0.05, 0.1) is 0 Å². The minimum Gasteiger partial charge on any atom is -0.0784 e. The second kappa shape index (κ2) is 3.21. The van der Waals surface area contributed by atoms with Gasteiger partial charge in [0.2, 0.25) is 0 Å². The topological polar surface area (TPSA) is 0 Å². The van der Waals surface area contributed by atoms with Crippen LogP contribution in [0.15, 0.2) is 47.6 Å². The number of fused-ring (bicyclic) bond motifs is 1. The Morgan fingerprint density at radius 1 is 1.50 bits per heavy atom. The maximum atomic E-state index is 2.43. The summed E-state index contributed by atoms with van der Waals surface area (Å²) in [5, 5.41) is 0. The lowest BCUT2D eigenvalue weighted by atomic mass is 10.0. The van der Waals surface area contributed by atoms with E-state index in [0.717, 1.165) is 0 Å². The summed E-state index contributed by atoms with van der Waals surface area (Å²) in [6.45, 7) is 2.21. The van der Waals surface area contributed by atoms with E-state index in [-0.39, 0.29) is 0 Å². The monoisotopic (exact) mass is 270 g/mol. The standard InChI is InChI=1S/C11H11I/c1-8(12)7-10-6-5-9-3-2-4-11(9)10/h2-9H,1H3/b10-7+. The van der Waals surface area contributed by atoms with Crippen molar-refractivity contribution in [1.82, 2.24) is 0 Å². The van der Waals surface area contributed by atoms with Crippen LogP contribution in [0, 0.1) is 5.92 Å². The first-order chi connectivity index (χ1) is 5.77. The van der Waals surface area contributed by atoms with E-state index in [2.05, 4.69) is 66.0 Å². The molecule has 2 atom stereocenters. The molecule has 0 saturated heterocycles. The smallest absolute Gasteiger partial charge is 0.0269 e. The molecule has 2 unspecified atom stereocenters. The maximum absolute atomic E-state index is 2.43. The Morgan fingerprint density at radius 2 is 2.33 bits per heavy atom. The highest BCUT2D eigenvalue weighted by Crippen LogP contribution is 2.34. The van der Waals surface area contributed by atoms with Gasteiger partial charge >= 0.3 is 0 Å². The van der Waals surface area contributed by atoms with Crippen LogP contribution in [0.5, 0.6) is 0 Å². The van der Waals surface area contributed by atoms with Gasteiger partial charge in [-0.3, -0.25) is 0 Å². The van der Waals surface area contributed by atoms with E-state index in [1.54, 1.807) is 0 Å². The largest absolute Gasteiger partial charge is 0.0784 e. The van der Waals surface area contributed by atoms with Crippen LogP contribution in [-0.4, -0.2) is 3.92 Å². The molecule has 0 radical (unpaired) electrons. The Balaban J connectivity index is 2.27. The Bertz CT molecular complexity index is 303. The molecule has 2 rings (SSSR count). The van der Waals surface area contributed by atoms with Gasteiger partial charge in [-0.2, -0.15) is 0 Å². The SMILES string of the molecule is CC(I)/C=C1\C=CC2C=CC=C12. The molecular formula is C11H11I. The van der Waals surface area contributed by atoms with Gasteiger partial charge in [-0.05, 0) is 18.1 Å². The maximum Gasteiger partial charge on any atom is 0.0269 e. The lowest BCUT2D eigenvalue weighted by molar-refractivity contribution is 1.05. The second-order valence-corrected chi connectivity index (χ2v) is 5.16. The number of rotatable bonds is 1. The molecule has 0 fully saturated rings. The Morgan fingerprint density at radius 3 is 3.08 bits per heavy atom. The molecule has 62 valence electrons. The summed E-state index contributed by atoms with van der Waals surface area (Å²) in [5.74, 6) is 0.575. The molecule has 12 heavy (non-hydrogen) atoms. The van der Waals surface area contributed by atoms with Crippen molar-refractivity contribution in [1.29, 1.82) is 0 Å². The number of allylic oxidation sites excluding steroid dienone is 8. The molecule has 0 aromatic carbocycles. The minimum atomic E-state index is 0.575. The average Bonchev–Trinajstić information content (AvgIpc) is 2.52. The van der Waals surface area contributed by atoms with Crippen molar-refractivity contribution in [3.8, 4) is 0 Å². The molecule has 0 aromatic heterocycles. The molecule has 0 N–H and O–H groups in total. The molecule has 0 saturated carbocycles. The molecule has 0 amide bonds. The van der Waals surface area contributed by atoms with E-state index in [9.17, 15) is 0 Å². The quantitative estimate of drug-likeness (QED) is 0.506. The number of hydrogen-bond donors (Lipinski definition) is 0. The van der Waals surface area contributed by atoms with Gasteiger partial charge in [-0.25, -0.2) is 0 Å². The van der Waals surface area contributed by atoms with Crippen LogP contribution in [0.3, 0.4) is 0 Å². The van der Waals surface area contributed by atoms with Crippen molar-refractivity contribution >= 4 is 22.6 Å². The Hall–Kier alpha value is -0.310. The van der Waals surface area contributed by atoms with Crippen LogP contribution in [0.1, 0.15) is 6.92 Å². The normalized spacial score (nSPS) is 31.0. The molecule has 0 aromatic rings. The number of hydrogen-bond acceptors (Lipinski definition) is 0. The fourth-order valence-electron chi connectivity index (χ4n) is 1.65. The summed E-state index contributed by atoms with van der Waals surface area (Å²) < 4.78 is 0.613. The first-order valence-electron chi connectivity index (χ1n) is 4.20. The summed E-state index contributed by atoms with van der Waals surface area (Å²) in [6.07, 6.45) is 13.4. The van der Waals surface area contributed by atoms with E-state index in [4.69, 9.17) is 0 Å². The Labute approximate surface area is 86.9 Å². The summed E-state index contributed by atoms with van der Waals surface area (Å²) in [6, 6.07) is 0. The van der Waals surface area contributed by atoms with E-state index in [1.807, 2.05) is 0 Å². The van der Waals surface area contributed by atoms with E-state index in [0.29, 0.717) is 9.84 Å². The van der Waals surface area contributed by atoms with E-state index >= 15 is 0 Å². The molecule has 0 nitrogen and oxygen atoms in total. The fourth-order valence-corrected chi connectivity index (χ4v) is 2.04. The van der Waals surface area contributed by atoms with Crippen LogP contribution in [-0.2, 0) is 0 Å². The van der Waals surface area contributed by atoms with Crippen LogP contribution in [0.4, 0.5) is 0 Å². The van der Waals surface area contributed by atoms with Crippen LogP contribution in [0.2, 0.25) is 0 Å². The summed E-state index contributed by atoms with van der Waals surface area (Å²) in [5.41, 5.74) is 2.88. The average molecular weight is 270 g/mol. The molecule has 0 heterocycles. The molecular weight excluding hydrogens is 259 g/mol. The van der Waals surface area contributed by atoms with Crippen molar-refractivity contribution in [2.45, 2.75) is 10.8 Å². The third-order valence-corrected chi connectivity index (χ3v) is 2.54. The zero-order valence-electron chi connectivity index (χ0n) is 7.00. The van der Waals surface area contributed by atoms with Gasteiger partial charge < -0.3 is 0 Å². The molecule has 0 aliphatic heterocycles. The lowest BCUT2D eigenvalue weighted by Gasteiger charge is -2.03. The van der Waals surface area contributed by atoms with Crippen LogP contribution in [0.25, 0.3) is 0 Å². The third kappa shape index (κ3) is 1.42. The van der Waals surface area contributed by atoms with Crippen molar-refractivity contribution in [3.63, 3.8) is 0 Å². The van der Waals surface area contributed by atoms with Gasteiger partial charge in [-0.1, -0.05) is 59.0 Å². The summed E-state index contributed by atoms with van der Waals surface area (Å²) in [7, 11) is 0. The Kier molecular flexibility index (Phi) is 2.22. The highest BCUT2D eigenvalue weighted by Gasteiger charge is 2.19. The van der Waals surface area contributed by atoms with Gasteiger partial charge in [0, 0.05) is 9.84 Å². The van der Waals surface area contributed by atoms with Gasteiger partial charge in [0.1, 0.15) is 0 Å². The second-order valence-electron chi connectivity index (χ2n) is 3.19. The van der Waals surface area contributed by atoms with Crippen LogP contribution >= 0.6 is 22.6 Å². The highest BCUT2D eigenvalue weighted by molar-refractivity contribution is 14.1. The van der Waals surface area contributed by atoms with Crippen molar-refractivity contribution < 1.29 is 0 Å². The predicted molar refractivity (Wildman–Crippen MR) is 61.4 cm³/mol. The zero-order valence-corrected chi connectivity index (χ0v) is 9.15. The molecule has 1 heteroatoms. The first-order valence-corrected chi connectivity index (χ1v) is 5.45. The third-order valence-electron chi connectivity index (χ3n) is 2.18. The van der Waals surface area contributed by atoms with Gasteiger partial charge in [0.25, 0.3) is 0 Å². The highest BCUT2D eigenvalue weighted by atomic mass is 127. The summed E-state index contributed by atoms with van der Waals surface area (Å²) >= 11 is 2.43. The molecule has 0 bridgehead atoms. The summed E-state index contributed by atoms with van der Waals surface area (Å²) in [4.78, 5) is 0. The molecule has 2 aliphatic rings. The number of halogens is 1. The fraction of sp³-hybridized carbons (Fsp3) is 0.273. The zero-order chi connectivity index (χ0) is 8.55. The minimum absolute atomic E-state index is 0.575. The first kappa shape index (κ1) is 8.30. The van der Waals surface area contributed by atoms with Crippen molar-refractivity contribution in [2.24, 2.45) is 5.92 Å². The van der Waals surface area contributed by atoms with Gasteiger partial charge in [0.15, 0.2) is 0 Å².